The fourth-order valence-electron chi connectivity index (χ4n) is 2.32. The summed E-state index contributed by atoms with van der Waals surface area (Å²) >= 11 is 12.2. The van der Waals surface area contributed by atoms with Crippen LogP contribution >= 0.6 is 23.2 Å². The molecule has 0 saturated heterocycles. The minimum absolute atomic E-state index is 0.312. The Morgan fingerprint density at radius 1 is 1.00 bits per heavy atom. The maximum Gasteiger partial charge on any atom is 0.180 e. The molecule has 1 aromatic rings. The first-order chi connectivity index (χ1) is 9.28. The van der Waals surface area contributed by atoms with Crippen molar-refractivity contribution in [3.63, 3.8) is 0 Å². The highest BCUT2D eigenvalue weighted by atomic mass is 35.5. The first-order valence-electron chi connectivity index (χ1n) is 6.23. The Balaban J connectivity index is 2.40. The molecular formula is C15H14Cl2O3. The zero-order valence-corrected chi connectivity index (χ0v) is 12.6. The molecule has 3 nitrogen and oxygen atoms in total. The van der Waals surface area contributed by atoms with Gasteiger partial charge in [-0.25, -0.2) is 0 Å². The lowest BCUT2D eigenvalue weighted by Gasteiger charge is -2.39. The van der Waals surface area contributed by atoms with Gasteiger partial charge in [0.05, 0.1) is 0 Å². The summed E-state index contributed by atoms with van der Waals surface area (Å²) in [5, 5.41) is -1.92. The third-order valence-corrected chi connectivity index (χ3v) is 5.25. The lowest BCUT2D eigenvalue weighted by atomic mass is 9.69. The number of carbonyl (C=O) groups is 3. The van der Waals surface area contributed by atoms with Gasteiger partial charge in [-0.1, -0.05) is 44.2 Å². The van der Waals surface area contributed by atoms with Crippen molar-refractivity contribution in [3.8, 4) is 0 Å². The average molecular weight is 313 g/mol. The molecule has 1 aromatic carbocycles. The standard InChI is InChI=1S/C15H14Cl2O3/c1-15(2)13(16)11(19)9(12(20)14(15)17)10(18)8-6-4-3-5-7-8/h3-7,9,13-14H,1-2H3/t13-,14-/m0/s1. The fourth-order valence-corrected chi connectivity index (χ4v) is 2.89. The zero-order chi connectivity index (χ0) is 15.1. The van der Waals surface area contributed by atoms with Crippen molar-refractivity contribution >= 4 is 40.6 Å². The van der Waals surface area contributed by atoms with Gasteiger partial charge in [-0.2, -0.15) is 0 Å². The molecule has 0 N–H and O–H groups in total. The molecular weight excluding hydrogens is 299 g/mol. The molecule has 1 saturated carbocycles. The SMILES string of the molecule is CC1(C)[C@@H](Cl)C(=O)C(C(=O)c2ccccc2)C(=O)[C@@H]1Cl. The summed E-state index contributed by atoms with van der Waals surface area (Å²) < 4.78 is 0. The first kappa shape index (κ1) is 15.2. The number of halogens is 2. The number of rotatable bonds is 2. The number of Topliss-reactive ketones (excluding diaryl/α,β-unsaturated/α-hetero) is 3. The molecule has 1 aliphatic carbocycles. The molecule has 0 unspecified atom stereocenters. The molecule has 0 amide bonds. The molecule has 0 aliphatic heterocycles. The highest BCUT2D eigenvalue weighted by Gasteiger charge is 2.55. The van der Waals surface area contributed by atoms with Gasteiger partial charge in [0, 0.05) is 11.0 Å². The quantitative estimate of drug-likeness (QED) is 0.479. The Labute approximate surface area is 127 Å². The van der Waals surface area contributed by atoms with E-state index in [2.05, 4.69) is 0 Å². The normalized spacial score (nSPS) is 29.3. The number of alkyl halides is 2. The second kappa shape index (κ2) is 5.30. The van der Waals surface area contributed by atoms with Crippen LogP contribution in [0.25, 0.3) is 0 Å². The van der Waals surface area contributed by atoms with Gasteiger partial charge in [0.15, 0.2) is 17.3 Å². The van der Waals surface area contributed by atoms with E-state index in [4.69, 9.17) is 23.2 Å². The lowest BCUT2D eigenvalue weighted by Crippen LogP contribution is -2.56. The van der Waals surface area contributed by atoms with Crippen LogP contribution in [0.2, 0.25) is 0 Å². The Morgan fingerprint density at radius 2 is 1.45 bits per heavy atom. The Morgan fingerprint density at radius 3 is 1.90 bits per heavy atom. The van der Waals surface area contributed by atoms with Crippen molar-refractivity contribution < 1.29 is 14.4 Å². The van der Waals surface area contributed by atoms with Gasteiger partial charge in [-0.15, -0.1) is 23.2 Å². The van der Waals surface area contributed by atoms with Crippen molar-refractivity contribution in [2.24, 2.45) is 11.3 Å². The number of ketones is 3. The second-order valence-electron chi connectivity index (χ2n) is 5.51. The van der Waals surface area contributed by atoms with E-state index in [1.54, 1.807) is 44.2 Å². The van der Waals surface area contributed by atoms with Crippen molar-refractivity contribution in [1.82, 2.24) is 0 Å². The van der Waals surface area contributed by atoms with E-state index in [9.17, 15) is 14.4 Å². The average Bonchev–Trinajstić information content (AvgIpc) is 2.44. The van der Waals surface area contributed by atoms with Crippen LogP contribution < -0.4 is 0 Å². The van der Waals surface area contributed by atoms with Crippen LogP contribution in [0.4, 0.5) is 0 Å². The van der Waals surface area contributed by atoms with Crippen LogP contribution in [0.3, 0.4) is 0 Å². The van der Waals surface area contributed by atoms with Crippen LogP contribution in [-0.2, 0) is 9.59 Å². The summed E-state index contributed by atoms with van der Waals surface area (Å²) in [6.45, 7) is 3.31. The summed E-state index contributed by atoms with van der Waals surface area (Å²) in [7, 11) is 0. The summed E-state index contributed by atoms with van der Waals surface area (Å²) in [6.07, 6.45) is 0. The zero-order valence-electron chi connectivity index (χ0n) is 11.1. The van der Waals surface area contributed by atoms with Crippen LogP contribution in [0.15, 0.2) is 30.3 Å². The van der Waals surface area contributed by atoms with Crippen LogP contribution in [0, 0.1) is 11.3 Å². The van der Waals surface area contributed by atoms with Crippen molar-refractivity contribution in [1.29, 1.82) is 0 Å². The van der Waals surface area contributed by atoms with Crippen LogP contribution in [0.1, 0.15) is 24.2 Å². The topological polar surface area (TPSA) is 51.2 Å². The van der Waals surface area contributed by atoms with Crippen molar-refractivity contribution in [2.75, 3.05) is 0 Å². The fraction of sp³-hybridized carbons (Fsp3) is 0.400. The predicted molar refractivity (Wildman–Crippen MR) is 77.3 cm³/mol. The van der Waals surface area contributed by atoms with Gasteiger partial charge in [0.25, 0.3) is 0 Å². The maximum atomic E-state index is 12.4. The van der Waals surface area contributed by atoms with Gasteiger partial charge in [0.2, 0.25) is 0 Å². The Bertz CT molecular complexity index is 542. The van der Waals surface area contributed by atoms with E-state index in [1.165, 1.54) is 0 Å². The largest absolute Gasteiger partial charge is 0.297 e. The van der Waals surface area contributed by atoms with Gasteiger partial charge in [0.1, 0.15) is 16.7 Å². The van der Waals surface area contributed by atoms with Crippen LogP contribution in [0.5, 0.6) is 0 Å². The maximum absolute atomic E-state index is 12.4. The number of benzene rings is 1. The molecule has 0 spiro atoms. The summed E-state index contributed by atoms with van der Waals surface area (Å²) in [6, 6.07) is 8.22. The molecule has 2 rings (SSSR count). The van der Waals surface area contributed by atoms with Crippen molar-refractivity contribution in [2.45, 2.75) is 24.6 Å². The molecule has 2 atom stereocenters. The first-order valence-corrected chi connectivity index (χ1v) is 7.10. The highest BCUT2D eigenvalue weighted by molar-refractivity contribution is 6.45. The van der Waals surface area contributed by atoms with E-state index in [0.717, 1.165) is 0 Å². The van der Waals surface area contributed by atoms with Gasteiger partial charge >= 0.3 is 0 Å². The van der Waals surface area contributed by atoms with E-state index < -0.39 is 39.4 Å². The monoisotopic (exact) mass is 312 g/mol. The van der Waals surface area contributed by atoms with E-state index in [-0.39, 0.29) is 0 Å². The third-order valence-electron chi connectivity index (χ3n) is 3.70. The highest BCUT2D eigenvalue weighted by Crippen LogP contribution is 2.41. The molecule has 106 valence electrons. The van der Waals surface area contributed by atoms with Crippen LogP contribution in [-0.4, -0.2) is 28.1 Å². The van der Waals surface area contributed by atoms with E-state index in [1.807, 2.05) is 0 Å². The van der Waals surface area contributed by atoms with E-state index >= 15 is 0 Å². The second-order valence-corrected chi connectivity index (χ2v) is 6.39. The molecule has 0 radical (unpaired) electrons. The molecule has 0 aromatic heterocycles. The van der Waals surface area contributed by atoms with Gasteiger partial charge < -0.3 is 0 Å². The minimum Gasteiger partial charge on any atom is -0.297 e. The summed E-state index contributed by atoms with van der Waals surface area (Å²) in [5.74, 6) is -3.05. The molecule has 20 heavy (non-hydrogen) atoms. The summed E-state index contributed by atoms with van der Waals surface area (Å²) in [4.78, 5) is 36.9. The smallest absolute Gasteiger partial charge is 0.180 e. The Kier molecular flexibility index (Phi) is 4.03. The summed E-state index contributed by atoms with van der Waals surface area (Å²) in [5.41, 5.74) is -0.559. The lowest BCUT2D eigenvalue weighted by molar-refractivity contribution is -0.136. The molecule has 1 fully saturated rings. The number of carbonyl (C=O) groups excluding carboxylic acids is 3. The number of hydrogen-bond acceptors (Lipinski definition) is 3. The predicted octanol–water partition coefficient (Wildman–Crippen LogP) is 2.88. The molecule has 5 heteroatoms. The minimum atomic E-state index is -1.39. The number of hydrogen-bond donors (Lipinski definition) is 0. The van der Waals surface area contributed by atoms with Gasteiger partial charge in [-0.05, 0) is 0 Å². The van der Waals surface area contributed by atoms with E-state index in [0.29, 0.717) is 5.56 Å². The Hall–Kier alpha value is -1.19. The van der Waals surface area contributed by atoms with Gasteiger partial charge in [-0.3, -0.25) is 14.4 Å². The molecule has 0 heterocycles. The third kappa shape index (κ3) is 2.29. The molecule has 0 bridgehead atoms. The van der Waals surface area contributed by atoms with Crippen molar-refractivity contribution in [3.05, 3.63) is 35.9 Å². The molecule has 1 aliphatic rings.